The smallest absolute Gasteiger partial charge is 0.287 e. The van der Waals surface area contributed by atoms with Crippen molar-refractivity contribution in [1.29, 1.82) is 0 Å². The van der Waals surface area contributed by atoms with Crippen molar-refractivity contribution in [3.05, 3.63) is 0 Å². The highest BCUT2D eigenvalue weighted by atomic mass is 19.4. The molecule has 0 aromatic heterocycles. The molecule has 0 aliphatic carbocycles. The van der Waals surface area contributed by atoms with Gasteiger partial charge in [0, 0.05) is 11.1 Å². The second-order valence-corrected chi connectivity index (χ2v) is 11.1. The van der Waals surface area contributed by atoms with E-state index in [1.807, 2.05) is 83.1 Å². The standard InChI is InChI=1S/2C11H20F3N.2C2H6/c2*1-8-5-6-15(10(2,3)4)9(7-8)11(12,13)14;2*1-2/h2*8-9H,5-7H2,1-4H3;2*1-2H3/t2*8-,9+;;/m10../s1. The van der Waals surface area contributed by atoms with Crippen molar-refractivity contribution in [2.24, 2.45) is 11.8 Å². The van der Waals surface area contributed by atoms with Gasteiger partial charge in [-0.1, -0.05) is 41.5 Å². The number of halogens is 6. The molecule has 208 valence electrons. The Kier molecular flexibility index (Phi) is 15.0. The van der Waals surface area contributed by atoms with E-state index < -0.39 is 35.5 Å². The molecule has 0 amide bonds. The minimum Gasteiger partial charge on any atom is -0.287 e. The monoisotopic (exact) mass is 506 g/mol. The van der Waals surface area contributed by atoms with Crippen LogP contribution < -0.4 is 0 Å². The minimum atomic E-state index is -4.10. The molecule has 0 aromatic carbocycles. The number of nitrogens with zero attached hydrogens (tertiary/aromatic N) is 2. The van der Waals surface area contributed by atoms with Crippen LogP contribution in [0.15, 0.2) is 0 Å². The van der Waals surface area contributed by atoms with Crippen LogP contribution in [0, 0.1) is 11.8 Å². The molecule has 4 atom stereocenters. The van der Waals surface area contributed by atoms with E-state index in [2.05, 4.69) is 0 Å². The zero-order valence-electron chi connectivity index (χ0n) is 23.7. The molecule has 0 radical (unpaired) electrons. The summed E-state index contributed by atoms with van der Waals surface area (Å²) < 4.78 is 77.1. The van der Waals surface area contributed by atoms with Gasteiger partial charge in [0.25, 0.3) is 0 Å². The highest BCUT2D eigenvalue weighted by Gasteiger charge is 2.49. The van der Waals surface area contributed by atoms with Crippen molar-refractivity contribution in [2.45, 2.75) is 144 Å². The molecule has 34 heavy (non-hydrogen) atoms. The number of piperidine rings is 2. The van der Waals surface area contributed by atoms with Crippen LogP contribution in [0.25, 0.3) is 0 Å². The number of likely N-dealkylation sites (tertiary alicyclic amines) is 2. The first-order valence-electron chi connectivity index (χ1n) is 12.9. The molecule has 2 rings (SSSR count). The van der Waals surface area contributed by atoms with Crippen molar-refractivity contribution < 1.29 is 26.3 Å². The zero-order valence-corrected chi connectivity index (χ0v) is 23.7. The number of rotatable bonds is 0. The normalized spacial score (nSPS) is 27.4. The van der Waals surface area contributed by atoms with Crippen LogP contribution in [0.5, 0.6) is 0 Å². The van der Waals surface area contributed by atoms with Gasteiger partial charge < -0.3 is 0 Å². The predicted octanol–water partition coefficient (Wildman–Crippen LogP) is 8.95. The summed E-state index contributed by atoms with van der Waals surface area (Å²) in [7, 11) is 0. The van der Waals surface area contributed by atoms with E-state index >= 15 is 0 Å². The fraction of sp³-hybridized carbons (Fsp3) is 1.00. The van der Waals surface area contributed by atoms with Gasteiger partial charge in [-0.15, -0.1) is 0 Å². The largest absolute Gasteiger partial charge is 0.404 e. The molecule has 0 bridgehead atoms. The minimum absolute atomic E-state index is 0.176. The first kappa shape index (κ1) is 35.7. The molecule has 0 aromatic rings. The van der Waals surface area contributed by atoms with E-state index in [0.717, 1.165) is 12.8 Å². The van der Waals surface area contributed by atoms with Gasteiger partial charge in [-0.3, -0.25) is 9.80 Å². The lowest BCUT2D eigenvalue weighted by molar-refractivity contribution is -0.208. The maximum Gasteiger partial charge on any atom is 0.404 e. The van der Waals surface area contributed by atoms with Gasteiger partial charge in [0.05, 0.1) is 0 Å². The van der Waals surface area contributed by atoms with Crippen LogP contribution in [0.4, 0.5) is 26.3 Å². The van der Waals surface area contributed by atoms with Gasteiger partial charge in [0.1, 0.15) is 12.1 Å². The molecular weight excluding hydrogens is 454 g/mol. The first-order chi connectivity index (χ1) is 15.2. The van der Waals surface area contributed by atoms with Gasteiger partial charge >= 0.3 is 12.4 Å². The van der Waals surface area contributed by atoms with Gasteiger partial charge in [-0.05, 0) is 92.2 Å². The van der Waals surface area contributed by atoms with E-state index in [0.29, 0.717) is 13.1 Å². The molecule has 8 heteroatoms. The van der Waals surface area contributed by atoms with Gasteiger partial charge in [-0.2, -0.15) is 26.3 Å². The van der Waals surface area contributed by atoms with Gasteiger partial charge in [0.15, 0.2) is 0 Å². The van der Waals surface area contributed by atoms with E-state index in [9.17, 15) is 26.3 Å². The lowest BCUT2D eigenvalue weighted by atomic mass is 9.88. The summed E-state index contributed by atoms with van der Waals surface area (Å²) in [5, 5.41) is 0. The average molecular weight is 507 g/mol. The van der Waals surface area contributed by atoms with Crippen molar-refractivity contribution in [3.63, 3.8) is 0 Å². The highest BCUT2D eigenvalue weighted by Crippen LogP contribution is 2.38. The van der Waals surface area contributed by atoms with Crippen molar-refractivity contribution in [1.82, 2.24) is 9.80 Å². The quantitative estimate of drug-likeness (QED) is 0.303. The molecule has 2 nitrogen and oxygen atoms in total. The van der Waals surface area contributed by atoms with Crippen LogP contribution in [-0.4, -0.2) is 58.4 Å². The Labute approximate surface area is 205 Å². The highest BCUT2D eigenvalue weighted by molar-refractivity contribution is 4.92. The Morgan fingerprint density at radius 1 is 0.529 bits per heavy atom. The maximum absolute atomic E-state index is 12.9. The Morgan fingerprint density at radius 2 is 0.765 bits per heavy atom. The number of hydrogen-bond donors (Lipinski definition) is 0. The average Bonchev–Trinajstić information content (AvgIpc) is 2.68. The summed E-state index contributed by atoms with van der Waals surface area (Å²) in [5.74, 6) is 0.352. The van der Waals surface area contributed by atoms with Gasteiger partial charge in [0.2, 0.25) is 0 Å². The van der Waals surface area contributed by atoms with E-state index in [4.69, 9.17) is 0 Å². The first-order valence-corrected chi connectivity index (χ1v) is 12.9. The van der Waals surface area contributed by atoms with E-state index in [1.165, 1.54) is 0 Å². The topological polar surface area (TPSA) is 6.48 Å². The Hall–Kier alpha value is -0.500. The van der Waals surface area contributed by atoms with Crippen LogP contribution in [-0.2, 0) is 0 Å². The summed E-state index contributed by atoms with van der Waals surface area (Å²) in [5.41, 5.74) is -0.805. The molecule has 2 saturated heterocycles. The molecule has 0 unspecified atom stereocenters. The molecular formula is C26H52F6N2. The zero-order chi connectivity index (χ0) is 27.7. The second-order valence-electron chi connectivity index (χ2n) is 11.1. The van der Waals surface area contributed by atoms with E-state index in [1.54, 1.807) is 9.80 Å². The molecule has 2 aliphatic rings. The van der Waals surface area contributed by atoms with Crippen molar-refractivity contribution in [3.8, 4) is 0 Å². The fourth-order valence-electron chi connectivity index (χ4n) is 4.51. The number of hydrogen-bond acceptors (Lipinski definition) is 2. The molecule has 2 fully saturated rings. The third kappa shape index (κ3) is 12.0. The van der Waals surface area contributed by atoms with Crippen molar-refractivity contribution in [2.75, 3.05) is 13.1 Å². The third-order valence-corrected chi connectivity index (χ3v) is 6.21. The van der Waals surface area contributed by atoms with Crippen LogP contribution >= 0.6 is 0 Å². The molecule has 0 spiro atoms. The van der Waals surface area contributed by atoms with Crippen LogP contribution in [0.1, 0.15) is 109 Å². The summed E-state index contributed by atoms with van der Waals surface area (Å²) >= 11 is 0. The molecule has 2 aliphatic heterocycles. The molecule has 0 saturated carbocycles. The lowest BCUT2D eigenvalue weighted by Gasteiger charge is -2.46. The SMILES string of the molecule is CC.CC.C[C@@H]1CCN(C(C)(C)C)[C@H](C(F)(F)F)C1.C[C@H]1CCN(C(C)(C)C)[C@@H](C(F)(F)F)C1. The summed E-state index contributed by atoms with van der Waals surface area (Å²) in [6, 6.07) is -2.53. The second kappa shape index (κ2) is 14.3. The van der Waals surface area contributed by atoms with Crippen LogP contribution in [0.2, 0.25) is 0 Å². The van der Waals surface area contributed by atoms with Gasteiger partial charge in [-0.25, -0.2) is 0 Å². The Morgan fingerprint density at radius 3 is 0.941 bits per heavy atom. The Balaban J connectivity index is 0. The molecule has 2 heterocycles. The maximum atomic E-state index is 12.9. The predicted molar refractivity (Wildman–Crippen MR) is 132 cm³/mol. The van der Waals surface area contributed by atoms with Crippen molar-refractivity contribution >= 4 is 0 Å². The van der Waals surface area contributed by atoms with E-state index in [-0.39, 0.29) is 24.7 Å². The fourth-order valence-corrected chi connectivity index (χ4v) is 4.51. The summed E-state index contributed by atoms with van der Waals surface area (Å²) in [4.78, 5) is 3.18. The van der Waals surface area contributed by atoms with Crippen LogP contribution in [0.3, 0.4) is 0 Å². The third-order valence-electron chi connectivity index (χ3n) is 6.21. The number of alkyl halides is 6. The Bertz CT molecular complexity index is 483. The molecule has 0 N–H and O–H groups in total. The summed E-state index contributed by atoms with van der Waals surface area (Å²) in [6.45, 7) is 24.0. The lowest BCUT2D eigenvalue weighted by Crippen LogP contribution is -2.57. The summed E-state index contributed by atoms with van der Waals surface area (Å²) in [6.07, 6.45) is -5.99.